The summed E-state index contributed by atoms with van der Waals surface area (Å²) in [5, 5.41) is 0. The van der Waals surface area contributed by atoms with E-state index < -0.39 is 5.41 Å². The molecule has 0 N–H and O–H groups in total. The van der Waals surface area contributed by atoms with Gasteiger partial charge in [0.15, 0.2) is 0 Å². The number of fused-ring (bicyclic) bond motifs is 3. The molecule has 1 fully saturated rings. The highest BCUT2D eigenvalue weighted by Crippen LogP contribution is 2.55. The van der Waals surface area contributed by atoms with Gasteiger partial charge in [0.05, 0.1) is 11.3 Å². The van der Waals surface area contributed by atoms with E-state index in [4.69, 9.17) is 4.74 Å². The Morgan fingerprint density at radius 1 is 1.33 bits per heavy atom. The molecule has 3 nitrogen and oxygen atoms in total. The smallest absolute Gasteiger partial charge is 0.321 e. The van der Waals surface area contributed by atoms with Gasteiger partial charge < -0.3 is 4.74 Å². The first kappa shape index (κ1) is 11.5. The Kier molecular flexibility index (Phi) is 2.34. The Morgan fingerprint density at radius 2 is 2.11 bits per heavy atom. The van der Waals surface area contributed by atoms with Crippen molar-refractivity contribution in [2.75, 3.05) is 0 Å². The zero-order valence-electron chi connectivity index (χ0n) is 10.6. The molecule has 4 unspecified atom stereocenters. The SMILES string of the molecule is CCC12C(=O)OC(=O)C1C1C=CC=CC1=CC2C. The number of rotatable bonds is 1. The van der Waals surface area contributed by atoms with Crippen LogP contribution in [0.3, 0.4) is 0 Å². The van der Waals surface area contributed by atoms with E-state index in [0.717, 1.165) is 5.57 Å². The van der Waals surface area contributed by atoms with Crippen LogP contribution in [0.25, 0.3) is 0 Å². The summed E-state index contributed by atoms with van der Waals surface area (Å²) < 4.78 is 4.95. The van der Waals surface area contributed by atoms with E-state index in [1.165, 1.54) is 0 Å². The fourth-order valence-electron chi connectivity index (χ4n) is 3.69. The van der Waals surface area contributed by atoms with Crippen LogP contribution in [0.4, 0.5) is 0 Å². The standard InChI is InChI=1S/C15H16O3/c1-3-15-9(2)8-10-6-4-5-7-11(10)12(15)13(16)18-14(15)17/h4-9,11-12H,3H2,1-2H3. The molecule has 4 atom stereocenters. The molecular weight excluding hydrogens is 228 g/mol. The summed E-state index contributed by atoms with van der Waals surface area (Å²) in [5.74, 6) is -1.03. The number of ether oxygens (including phenoxy) is 1. The Bertz CT molecular complexity index is 512. The van der Waals surface area contributed by atoms with Crippen molar-refractivity contribution in [3.63, 3.8) is 0 Å². The summed E-state index contributed by atoms with van der Waals surface area (Å²) in [7, 11) is 0. The molecule has 1 aliphatic heterocycles. The van der Waals surface area contributed by atoms with E-state index in [9.17, 15) is 9.59 Å². The van der Waals surface area contributed by atoms with Gasteiger partial charge in [0.1, 0.15) is 0 Å². The Hall–Kier alpha value is -1.64. The first-order valence-corrected chi connectivity index (χ1v) is 6.44. The molecule has 0 aromatic carbocycles. The van der Waals surface area contributed by atoms with Crippen molar-refractivity contribution in [2.24, 2.45) is 23.2 Å². The van der Waals surface area contributed by atoms with Crippen LogP contribution in [0.5, 0.6) is 0 Å². The zero-order valence-corrected chi connectivity index (χ0v) is 10.6. The van der Waals surface area contributed by atoms with Crippen LogP contribution in [-0.2, 0) is 14.3 Å². The Morgan fingerprint density at radius 3 is 2.83 bits per heavy atom. The van der Waals surface area contributed by atoms with E-state index >= 15 is 0 Å². The van der Waals surface area contributed by atoms with Gasteiger partial charge in [0.25, 0.3) is 0 Å². The number of hydrogen-bond acceptors (Lipinski definition) is 3. The number of allylic oxidation sites excluding steroid dienone is 6. The van der Waals surface area contributed by atoms with Crippen LogP contribution in [0.15, 0.2) is 36.0 Å². The lowest BCUT2D eigenvalue weighted by molar-refractivity contribution is -0.156. The van der Waals surface area contributed by atoms with Crippen LogP contribution in [0.2, 0.25) is 0 Å². The van der Waals surface area contributed by atoms with Gasteiger partial charge in [-0.1, -0.05) is 44.2 Å². The van der Waals surface area contributed by atoms with Crippen molar-refractivity contribution in [3.8, 4) is 0 Å². The van der Waals surface area contributed by atoms with E-state index in [1.54, 1.807) is 0 Å². The quantitative estimate of drug-likeness (QED) is 0.525. The van der Waals surface area contributed by atoms with Gasteiger partial charge in [0, 0.05) is 5.92 Å². The van der Waals surface area contributed by atoms with Gasteiger partial charge >= 0.3 is 11.9 Å². The average Bonchev–Trinajstić information content (AvgIpc) is 2.62. The maximum absolute atomic E-state index is 12.1. The van der Waals surface area contributed by atoms with Gasteiger partial charge in [-0.15, -0.1) is 0 Å². The lowest BCUT2D eigenvalue weighted by atomic mass is 9.57. The zero-order chi connectivity index (χ0) is 12.9. The Labute approximate surface area is 106 Å². The van der Waals surface area contributed by atoms with Crippen molar-refractivity contribution >= 4 is 11.9 Å². The third-order valence-corrected chi connectivity index (χ3v) is 4.68. The number of carbonyl (C=O) groups is 2. The van der Waals surface area contributed by atoms with Crippen LogP contribution in [-0.4, -0.2) is 11.9 Å². The largest absolute Gasteiger partial charge is 0.392 e. The normalized spacial score (nSPS) is 41.2. The highest BCUT2D eigenvalue weighted by Gasteiger charge is 2.63. The van der Waals surface area contributed by atoms with E-state index in [1.807, 2.05) is 38.2 Å². The maximum atomic E-state index is 12.1. The summed E-state index contributed by atoms with van der Waals surface area (Å²) in [4.78, 5) is 24.2. The Balaban J connectivity index is 2.19. The van der Waals surface area contributed by atoms with E-state index in [2.05, 4.69) is 6.08 Å². The van der Waals surface area contributed by atoms with Crippen LogP contribution in [0, 0.1) is 23.2 Å². The molecule has 2 aliphatic carbocycles. The molecule has 0 aromatic heterocycles. The van der Waals surface area contributed by atoms with Crippen LogP contribution < -0.4 is 0 Å². The van der Waals surface area contributed by atoms with Gasteiger partial charge in [-0.3, -0.25) is 9.59 Å². The van der Waals surface area contributed by atoms with Crippen molar-refractivity contribution in [2.45, 2.75) is 20.3 Å². The molecule has 3 rings (SSSR count). The summed E-state index contributed by atoms with van der Waals surface area (Å²) in [6.45, 7) is 3.97. The second-order valence-corrected chi connectivity index (χ2v) is 5.31. The van der Waals surface area contributed by atoms with Gasteiger partial charge in [-0.2, -0.15) is 0 Å². The van der Waals surface area contributed by atoms with Crippen LogP contribution in [0.1, 0.15) is 20.3 Å². The summed E-state index contributed by atoms with van der Waals surface area (Å²) in [6.07, 6.45) is 10.7. The molecule has 0 bridgehead atoms. The number of cyclic esters (lactones) is 2. The fraction of sp³-hybridized carbons (Fsp3) is 0.467. The third kappa shape index (κ3) is 1.19. The van der Waals surface area contributed by atoms with Gasteiger partial charge in [-0.05, 0) is 17.9 Å². The van der Waals surface area contributed by atoms with Gasteiger partial charge in [-0.25, -0.2) is 0 Å². The molecule has 94 valence electrons. The van der Waals surface area contributed by atoms with Crippen molar-refractivity contribution < 1.29 is 14.3 Å². The first-order chi connectivity index (χ1) is 8.61. The summed E-state index contributed by atoms with van der Waals surface area (Å²) in [6, 6.07) is 0. The average molecular weight is 244 g/mol. The molecular formula is C15H16O3. The molecule has 0 radical (unpaired) electrons. The molecule has 1 saturated heterocycles. The molecule has 3 heteroatoms. The minimum Gasteiger partial charge on any atom is -0.392 e. The highest BCUT2D eigenvalue weighted by atomic mass is 16.6. The second-order valence-electron chi connectivity index (χ2n) is 5.31. The van der Waals surface area contributed by atoms with Crippen LogP contribution >= 0.6 is 0 Å². The maximum Gasteiger partial charge on any atom is 0.321 e. The monoisotopic (exact) mass is 244 g/mol. The highest BCUT2D eigenvalue weighted by molar-refractivity contribution is 6.00. The minimum absolute atomic E-state index is 0.00917. The summed E-state index contributed by atoms with van der Waals surface area (Å²) in [5.41, 5.74) is 0.464. The minimum atomic E-state index is -0.666. The number of hydrogen-bond donors (Lipinski definition) is 0. The predicted octanol–water partition coefficient (Wildman–Crippen LogP) is 2.40. The molecule has 1 heterocycles. The van der Waals surface area contributed by atoms with Crippen molar-refractivity contribution in [1.82, 2.24) is 0 Å². The lowest BCUT2D eigenvalue weighted by Gasteiger charge is -2.41. The van der Waals surface area contributed by atoms with E-state index in [-0.39, 0.29) is 29.7 Å². The summed E-state index contributed by atoms with van der Waals surface area (Å²) >= 11 is 0. The molecule has 0 amide bonds. The lowest BCUT2D eigenvalue weighted by Crippen LogP contribution is -2.45. The predicted molar refractivity (Wildman–Crippen MR) is 66.3 cm³/mol. The third-order valence-electron chi connectivity index (χ3n) is 4.68. The molecule has 0 spiro atoms. The number of esters is 2. The first-order valence-electron chi connectivity index (χ1n) is 6.44. The van der Waals surface area contributed by atoms with Crippen molar-refractivity contribution in [1.29, 1.82) is 0 Å². The molecule has 0 aromatic rings. The molecule has 0 saturated carbocycles. The van der Waals surface area contributed by atoms with Gasteiger partial charge in [0.2, 0.25) is 0 Å². The number of carbonyl (C=O) groups excluding carboxylic acids is 2. The fourth-order valence-corrected chi connectivity index (χ4v) is 3.69. The topological polar surface area (TPSA) is 43.4 Å². The molecule has 3 aliphatic rings. The van der Waals surface area contributed by atoms with E-state index in [0.29, 0.717) is 6.42 Å². The molecule has 18 heavy (non-hydrogen) atoms. The van der Waals surface area contributed by atoms with Crippen molar-refractivity contribution in [3.05, 3.63) is 36.0 Å². The second kappa shape index (κ2) is 3.67.